The fourth-order valence-electron chi connectivity index (χ4n) is 2.25. The molecule has 1 saturated heterocycles. The first-order chi connectivity index (χ1) is 7.97. The molecule has 0 aromatic carbocycles. The van der Waals surface area contributed by atoms with E-state index in [1.54, 1.807) is 20.8 Å². The lowest BCUT2D eigenvalue weighted by Crippen LogP contribution is -2.71. The van der Waals surface area contributed by atoms with E-state index in [9.17, 15) is 18.4 Å². The van der Waals surface area contributed by atoms with Crippen molar-refractivity contribution in [1.29, 1.82) is 0 Å². The van der Waals surface area contributed by atoms with Crippen molar-refractivity contribution in [3.63, 3.8) is 0 Å². The highest BCUT2D eigenvalue weighted by atomic mass is 19.3. The maximum Gasteiger partial charge on any atom is 0.255 e. The van der Waals surface area contributed by atoms with Crippen molar-refractivity contribution < 1.29 is 18.4 Å². The zero-order chi connectivity index (χ0) is 14.3. The average molecular weight is 262 g/mol. The van der Waals surface area contributed by atoms with E-state index in [0.717, 1.165) is 4.90 Å². The van der Waals surface area contributed by atoms with Crippen LogP contribution >= 0.6 is 0 Å². The smallest absolute Gasteiger partial charge is 0.255 e. The maximum atomic E-state index is 12.6. The van der Waals surface area contributed by atoms with E-state index in [1.165, 1.54) is 13.8 Å². The van der Waals surface area contributed by atoms with Crippen molar-refractivity contribution in [2.45, 2.75) is 52.6 Å². The highest BCUT2D eigenvalue weighted by Gasteiger charge is 2.50. The Morgan fingerprint density at radius 2 is 1.83 bits per heavy atom. The Morgan fingerprint density at radius 1 is 1.33 bits per heavy atom. The van der Waals surface area contributed by atoms with E-state index < -0.39 is 35.9 Å². The predicted molar refractivity (Wildman–Crippen MR) is 63.2 cm³/mol. The van der Waals surface area contributed by atoms with Crippen LogP contribution in [-0.4, -0.2) is 41.3 Å². The molecule has 0 saturated carbocycles. The van der Waals surface area contributed by atoms with E-state index >= 15 is 0 Å². The minimum atomic E-state index is -2.65. The molecule has 0 spiro atoms. The number of carbonyl (C=O) groups is 2. The summed E-state index contributed by atoms with van der Waals surface area (Å²) in [6.07, 6.45) is -2.65. The molecule has 0 aromatic rings. The number of carbonyl (C=O) groups excluding carboxylic acids is 2. The third kappa shape index (κ3) is 2.79. The largest absolute Gasteiger partial charge is 0.340 e. The second-order valence-corrected chi connectivity index (χ2v) is 6.23. The van der Waals surface area contributed by atoms with Gasteiger partial charge in [-0.3, -0.25) is 9.59 Å². The highest BCUT2D eigenvalue weighted by molar-refractivity contribution is 5.99. The zero-order valence-electron chi connectivity index (χ0n) is 11.4. The Morgan fingerprint density at radius 3 is 2.22 bits per heavy atom. The molecule has 0 aliphatic carbocycles. The first-order valence-corrected chi connectivity index (χ1v) is 5.88. The maximum absolute atomic E-state index is 12.6. The number of nitrogens with one attached hydrogen (secondary N) is 1. The summed E-state index contributed by atoms with van der Waals surface area (Å²) >= 11 is 0. The summed E-state index contributed by atoms with van der Waals surface area (Å²) in [7, 11) is 0. The van der Waals surface area contributed by atoms with Gasteiger partial charge >= 0.3 is 0 Å². The van der Waals surface area contributed by atoms with Gasteiger partial charge in [0.2, 0.25) is 11.8 Å². The standard InChI is InChI=1S/C12H20F2N2O2/c1-11(2,3)8-9(17)15-12(4,5)10(18)16(8)6-7(13)14/h7-8H,6H2,1-5H3,(H,15,17). The molecule has 4 nitrogen and oxygen atoms in total. The molecule has 1 aliphatic heterocycles. The number of halogens is 2. The van der Waals surface area contributed by atoms with Crippen LogP contribution in [0.25, 0.3) is 0 Å². The quantitative estimate of drug-likeness (QED) is 0.818. The van der Waals surface area contributed by atoms with Crippen molar-refractivity contribution in [1.82, 2.24) is 10.2 Å². The third-order valence-corrected chi connectivity index (χ3v) is 2.95. The summed E-state index contributed by atoms with van der Waals surface area (Å²) in [4.78, 5) is 25.2. The van der Waals surface area contributed by atoms with E-state index in [0.29, 0.717) is 0 Å². The Kier molecular flexibility index (Phi) is 3.70. The van der Waals surface area contributed by atoms with Crippen molar-refractivity contribution in [2.75, 3.05) is 6.54 Å². The van der Waals surface area contributed by atoms with Crippen LogP contribution in [0.2, 0.25) is 0 Å². The fraction of sp³-hybridized carbons (Fsp3) is 0.833. The summed E-state index contributed by atoms with van der Waals surface area (Å²) in [6, 6.07) is -0.868. The lowest BCUT2D eigenvalue weighted by atomic mass is 9.81. The van der Waals surface area contributed by atoms with Gasteiger partial charge in [0.05, 0.1) is 6.54 Å². The van der Waals surface area contributed by atoms with Gasteiger partial charge in [0.15, 0.2) is 0 Å². The number of nitrogens with zero attached hydrogens (tertiary/aromatic N) is 1. The van der Waals surface area contributed by atoms with Crippen LogP contribution in [0.5, 0.6) is 0 Å². The minimum Gasteiger partial charge on any atom is -0.340 e. The van der Waals surface area contributed by atoms with Crippen LogP contribution in [0.1, 0.15) is 34.6 Å². The van der Waals surface area contributed by atoms with Crippen LogP contribution in [-0.2, 0) is 9.59 Å². The molecule has 1 N–H and O–H groups in total. The SMILES string of the molecule is CC1(C)NC(=O)C(C(C)(C)C)N(CC(F)F)C1=O. The molecule has 1 atom stereocenters. The molecule has 1 aliphatic rings. The van der Waals surface area contributed by atoms with Crippen LogP contribution in [0, 0.1) is 5.41 Å². The predicted octanol–water partition coefficient (Wildman–Crippen LogP) is 1.40. The van der Waals surface area contributed by atoms with Crippen molar-refractivity contribution >= 4 is 11.8 Å². The van der Waals surface area contributed by atoms with Gasteiger partial charge in [-0.1, -0.05) is 20.8 Å². The number of hydrogen-bond acceptors (Lipinski definition) is 2. The second kappa shape index (κ2) is 4.48. The zero-order valence-corrected chi connectivity index (χ0v) is 11.4. The summed E-state index contributed by atoms with van der Waals surface area (Å²) in [5.74, 6) is -0.852. The first kappa shape index (κ1) is 14.9. The highest BCUT2D eigenvalue weighted by Crippen LogP contribution is 2.30. The van der Waals surface area contributed by atoms with Gasteiger partial charge in [0.25, 0.3) is 6.43 Å². The fourth-order valence-corrected chi connectivity index (χ4v) is 2.25. The topological polar surface area (TPSA) is 49.4 Å². The molecular weight excluding hydrogens is 242 g/mol. The third-order valence-electron chi connectivity index (χ3n) is 2.95. The molecule has 1 unspecified atom stereocenters. The number of rotatable bonds is 2. The van der Waals surface area contributed by atoms with Gasteiger partial charge in [-0.25, -0.2) is 8.78 Å². The molecule has 1 rings (SSSR count). The average Bonchev–Trinajstić information content (AvgIpc) is 2.09. The van der Waals surface area contributed by atoms with E-state index in [-0.39, 0.29) is 5.91 Å². The van der Waals surface area contributed by atoms with Crippen molar-refractivity contribution in [3.05, 3.63) is 0 Å². The first-order valence-electron chi connectivity index (χ1n) is 5.88. The Bertz CT molecular complexity index is 362. The van der Waals surface area contributed by atoms with Crippen LogP contribution in [0.15, 0.2) is 0 Å². The van der Waals surface area contributed by atoms with Crippen molar-refractivity contribution in [2.24, 2.45) is 5.41 Å². The normalized spacial score (nSPS) is 24.4. The molecule has 0 bridgehead atoms. The number of amides is 2. The van der Waals surface area contributed by atoms with E-state index in [1.807, 2.05) is 0 Å². The molecule has 2 amide bonds. The molecule has 104 valence electrons. The molecule has 0 aromatic heterocycles. The second-order valence-electron chi connectivity index (χ2n) is 6.23. The van der Waals surface area contributed by atoms with Gasteiger partial charge in [-0.2, -0.15) is 0 Å². The lowest BCUT2D eigenvalue weighted by Gasteiger charge is -2.47. The number of hydrogen-bond donors (Lipinski definition) is 1. The molecule has 0 radical (unpaired) electrons. The van der Waals surface area contributed by atoms with Crippen LogP contribution in [0.3, 0.4) is 0 Å². The number of alkyl halides is 2. The molecule has 18 heavy (non-hydrogen) atoms. The monoisotopic (exact) mass is 262 g/mol. The van der Waals surface area contributed by atoms with Gasteiger partial charge in [0, 0.05) is 0 Å². The number of piperazine rings is 1. The molecule has 1 heterocycles. The van der Waals surface area contributed by atoms with Gasteiger partial charge in [-0.05, 0) is 19.3 Å². The van der Waals surface area contributed by atoms with Gasteiger partial charge in [0.1, 0.15) is 11.6 Å². The van der Waals surface area contributed by atoms with E-state index in [4.69, 9.17) is 0 Å². The van der Waals surface area contributed by atoms with Crippen molar-refractivity contribution in [3.8, 4) is 0 Å². The Labute approximate surface area is 106 Å². The minimum absolute atomic E-state index is 0.382. The van der Waals surface area contributed by atoms with Gasteiger partial charge in [-0.15, -0.1) is 0 Å². The lowest BCUT2D eigenvalue weighted by molar-refractivity contribution is -0.160. The summed E-state index contributed by atoms with van der Waals surface area (Å²) in [5, 5.41) is 2.59. The molecule has 6 heteroatoms. The van der Waals surface area contributed by atoms with E-state index in [2.05, 4.69) is 5.32 Å². The Balaban J connectivity index is 3.15. The summed E-state index contributed by atoms with van der Waals surface area (Å²) in [6.45, 7) is 7.58. The Hall–Kier alpha value is -1.20. The molecular formula is C12H20F2N2O2. The van der Waals surface area contributed by atoms with Crippen LogP contribution < -0.4 is 5.32 Å². The van der Waals surface area contributed by atoms with Crippen LogP contribution in [0.4, 0.5) is 8.78 Å². The summed E-state index contributed by atoms with van der Waals surface area (Å²) in [5.41, 5.74) is -1.72. The molecule has 1 fully saturated rings. The van der Waals surface area contributed by atoms with Gasteiger partial charge < -0.3 is 10.2 Å². The summed E-state index contributed by atoms with van der Waals surface area (Å²) < 4.78 is 25.2.